The molecule has 0 aliphatic heterocycles. The molecular weight excluding hydrogens is 380 g/mol. The number of aromatic nitrogens is 1. The maximum atomic E-state index is 13.0. The SMILES string of the molecule is COc1ccc(CNC(=O)c2cc3occc3n2Cc2ccccc2C)cc1OC. The fraction of sp³-hybridized carbons (Fsp3) is 0.208. The summed E-state index contributed by atoms with van der Waals surface area (Å²) in [6, 6.07) is 17.4. The van der Waals surface area contributed by atoms with E-state index in [-0.39, 0.29) is 5.91 Å². The third-order valence-corrected chi connectivity index (χ3v) is 5.25. The Morgan fingerprint density at radius 1 is 1.03 bits per heavy atom. The summed E-state index contributed by atoms with van der Waals surface area (Å²) in [5, 5.41) is 3.00. The second-order valence-electron chi connectivity index (χ2n) is 7.08. The lowest BCUT2D eigenvalue weighted by Crippen LogP contribution is -2.25. The molecule has 0 spiro atoms. The first-order valence-corrected chi connectivity index (χ1v) is 9.71. The minimum atomic E-state index is -0.162. The third-order valence-electron chi connectivity index (χ3n) is 5.25. The number of amides is 1. The fourth-order valence-electron chi connectivity index (χ4n) is 3.56. The molecule has 0 atom stereocenters. The number of hydrogen-bond donors (Lipinski definition) is 1. The normalized spacial score (nSPS) is 10.9. The van der Waals surface area contributed by atoms with E-state index in [0.29, 0.717) is 35.9 Å². The molecule has 0 fully saturated rings. The highest BCUT2D eigenvalue weighted by atomic mass is 16.5. The number of carbonyl (C=O) groups excluding carboxylic acids is 1. The molecule has 4 rings (SSSR count). The lowest BCUT2D eigenvalue weighted by atomic mass is 10.1. The predicted octanol–water partition coefficient (Wildman–Crippen LogP) is 4.54. The van der Waals surface area contributed by atoms with Crippen molar-refractivity contribution in [2.24, 2.45) is 0 Å². The van der Waals surface area contributed by atoms with E-state index in [4.69, 9.17) is 13.9 Å². The van der Waals surface area contributed by atoms with Crippen LogP contribution in [0.3, 0.4) is 0 Å². The second kappa shape index (κ2) is 8.37. The van der Waals surface area contributed by atoms with Crippen molar-refractivity contribution in [2.45, 2.75) is 20.0 Å². The largest absolute Gasteiger partial charge is 0.493 e. The molecule has 0 saturated carbocycles. The van der Waals surface area contributed by atoms with Crippen molar-refractivity contribution in [3.05, 3.63) is 83.2 Å². The monoisotopic (exact) mass is 404 g/mol. The average Bonchev–Trinajstić information content (AvgIpc) is 3.36. The highest BCUT2D eigenvalue weighted by molar-refractivity contribution is 5.97. The zero-order chi connectivity index (χ0) is 21.1. The minimum Gasteiger partial charge on any atom is -0.493 e. The summed E-state index contributed by atoms with van der Waals surface area (Å²) in [5.41, 5.74) is 5.41. The number of nitrogens with zero attached hydrogens (tertiary/aromatic N) is 1. The van der Waals surface area contributed by atoms with Gasteiger partial charge in [-0.05, 0) is 35.7 Å². The van der Waals surface area contributed by atoms with Crippen LogP contribution in [0, 0.1) is 6.92 Å². The highest BCUT2D eigenvalue weighted by Gasteiger charge is 2.18. The molecule has 2 aromatic carbocycles. The van der Waals surface area contributed by atoms with Gasteiger partial charge in [0.15, 0.2) is 17.1 Å². The van der Waals surface area contributed by atoms with Crippen molar-refractivity contribution in [3.8, 4) is 11.5 Å². The molecule has 0 aliphatic rings. The molecule has 0 unspecified atom stereocenters. The van der Waals surface area contributed by atoms with E-state index in [1.54, 1.807) is 26.5 Å². The third kappa shape index (κ3) is 3.76. The van der Waals surface area contributed by atoms with Crippen LogP contribution >= 0.6 is 0 Å². The van der Waals surface area contributed by atoms with Gasteiger partial charge in [0.05, 0.1) is 26.0 Å². The molecule has 2 aromatic heterocycles. The molecule has 0 aliphatic carbocycles. The van der Waals surface area contributed by atoms with Crippen LogP contribution in [0.2, 0.25) is 0 Å². The van der Waals surface area contributed by atoms with E-state index in [1.807, 2.05) is 41.0 Å². The Labute approximate surface area is 175 Å². The Bertz CT molecular complexity index is 1190. The number of rotatable bonds is 7. The van der Waals surface area contributed by atoms with Gasteiger partial charge in [0.1, 0.15) is 5.69 Å². The van der Waals surface area contributed by atoms with Crippen LogP contribution in [-0.2, 0) is 13.1 Å². The topological polar surface area (TPSA) is 65.6 Å². The van der Waals surface area contributed by atoms with Gasteiger partial charge in [-0.3, -0.25) is 4.79 Å². The Balaban J connectivity index is 1.58. The quantitative estimate of drug-likeness (QED) is 0.491. The standard InChI is InChI=1S/C24H24N2O4/c1-16-6-4-5-7-18(16)15-26-19-10-11-30-22(19)13-20(26)24(27)25-14-17-8-9-21(28-2)23(12-17)29-3/h4-13H,14-15H2,1-3H3,(H,25,27). The molecule has 30 heavy (non-hydrogen) atoms. The number of aryl methyl sites for hydroxylation is 1. The first-order valence-electron chi connectivity index (χ1n) is 9.71. The van der Waals surface area contributed by atoms with Crippen molar-refractivity contribution in [1.29, 1.82) is 0 Å². The molecule has 0 saturated heterocycles. The first-order chi connectivity index (χ1) is 14.6. The van der Waals surface area contributed by atoms with Gasteiger partial charge in [-0.2, -0.15) is 0 Å². The van der Waals surface area contributed by atoms with E-state index < -0.39 is 0 Å². The highest BCUT2D eigenvalue weighted by Crippen LogP contribution is 2.28. The van der Waals surface area contributed by atoms with E-state index in [1.165, 1.54) is 5.56 Å². The van der Waals surface area contributed by atoms with Crippen LogP contribution in [0.4, 0.5) is 0 Å². The van der Waals surface area contributed by atoms with Gasteiger partial charge in [-0.25, -0.2) is 0 Å². The van der Waals surface area contributed by atoms with Gasteiger partial charge < -0.3 is 23.8 Å². The van der Waals surface area contributed by atoms with E-state index in [9.17, 15) is 4.79 Å². The number of methoxy groups -OCH3 is 2. The van der Waals surface area contributed by atoms with Crippen LogP contribution in [0.25, 0.3) is 11.1 Å². The smallest absolute Gasteiger partial charge is 0.268 e. The van der Waals surface area contributed by atoms with E-state index >= 15 is 0 Å². The molecule has 0 bridgehead atoms. The Morgan fingerprint density at radius 3 is 2.60 bits per heavy atom. The lowest BCUT2D eigenvalue weighted by Gasteiger charge is -2.13. The first kappa shape index (κ1) is 19.6. The molecule has 4 aromatic rings. The van der Waals surface area contributed by atoms with Gasteiger partial charge >= 0.3 is 0 Å². The van der Waals surface area contributed by atoms with Gasteiger partial charge in [-0.1, -0.05) is 30.3 Å². The van der Waals surface area contributed by atoms with Gasteiger partial charge in [-0.15, -0.1) is 0 Å². The van der Waals surface area contributed by atoms with Gasteiger partial charge in [0.25, 0.3) is 5.91 Å². The maximum Gasteiger partial charge on any atom is 0.268 e. The van der Waals surface area contributed by atoms with Crippen molar-refractivity contribution in [3.63, 3.8) is 0 Å². The molecule has 6 nitrogen and oxygen atoms in total. The molecule has 2 heterocycles. The van der Waals surface area contributed by atoms with Crippen LogP contribution in [0.1, 0.15) is 27.2 Å². The summed E-state index contributed by atoms with van der Waals surface area (Å²) in [5.74, 6) is 1.12. The van der Waals surface area contributed by atoms with Gasteiger partial charge in [0, 0.05) is 25.2 Å². The van der Waals surface area contributed by atoms with Crippen molar-refractivity contribution in [1.82, 2.24) is 9.88 Å². The number of nitrogens with one attached hydrogen (secondary N) is 1. The number of furan rings is 1. The van der Waals surface area contributed by atoms with Crippen molar-refractivity contribution < 1.29 is 18.7 Å². The van der Waals surface area contributed by atoms with Crippen LogP contribution in [0.15, 0.2) is 65.3 Å². The van der Waals surface area contributed by atoms with Crippen molar-refractivity contribution in [2.75, 3.05) is 14.2 Å². The predicted molar refractivity (Wildman–Crippen MR) is 115 cm³/mol. The Morgan fingerprint density at radius 2 is 1.83 bits per heavy atom. The summed E-state index contributed by atoms with van der Waals surface area (Å²) in [6.45, 7) is 3.03. The van der Waals surface area contributed by atoms with Crippen LogP contribution in [-0.4, -0.2) is 24.7 Å². The zero-order valence-electron chi connectivity index (χ0n) is 17.3. The zero-order valence-corrected chi connectivity index (χ0v) is 17.3. The van der Waals surface area contributed by atoms with Crippen LogP contribution in [0.5, 0.6) is 11.5 Å². The fourth-order valence-corrected chi connectivity index (χ4v) is 3.56. The molecule has 6 heteroatoms. The van der Waals surface area contributed by atoms with E-state index in [2.05, 4.69) is 24.4 Å². The Kier molecular flexibility index (Phi) is 5.48. The number of ether oxygens (including phenoxy) is 2. The van der Waals surface area contributed by atoms with E-state index in [0.717, 1.165) is 16.6 Å². The number of carbonyl (C=O) groups is 1. The second-order valence-corrected chi connectivity index (χ2v) is 7.08. The molecule has 154 valence electrons. The number of benzene rings is 2. The summed E-state index contributed by atoms with van der Waals surface area (Å²) in [6.07, 6.45) is 1.64. The van der Waals surface area contributed by atoms with Crippen molar-refractivity contribution >= 4 is 17.0 Å². The van der Waals surface area contributed by atoms with Gasteiger partial charge in [0.2, 0.25) is 0 Å². The number of hydrogen-bond acceptors (Lipinski definition) is 4. The minimum absolute atomic E-state index is 0.162. The average molecular weight is 404 g/mol. The maximum absolute atomic E-state index is 13.0. The summed E-state index contributed by atoms with van der Waals surface area (Å²) >= 11 is 0. The molecule has 1 amide bonds. The Hall–Kier alpha value is -3.67. The van der Waals surface area contributed by atoms with Crippen LogP contribution < -0.4 is 14.8 Å². The molecule has 0 radical (unpaired) electrons. The summed E-state index contributed by atoms with van der Waals surface area (Å²) < 4.78 is 18.1. The molecular formula is C24H24N2O4. The lowest BCUT2D eigenvalue weighted by molar-refractivity contribution is 0.0942. The summed E-state index contributed by atoms with van der Waals surface area (Å²) in [4.78, 5) is 13.0. The number of fused-ring (bicyclic) bond motifs is 1. The molecule has 1 N–H and O–H groups in total. The summed E-state index contributed by atoms with van der Waals surface area (Å²) in [7, 11) is 3.19.